The molecule has 0 radical (unpaired) electrons. The number of hydrogen-bond acceptors (Lipinski definition) is 6. The zero-order valence-electron chi connectivity index (χ0n) is 15.2. The number of halogens is 6. The van der Waals surface area contributed by atoms with E-state index < -0.39 is 77.2 Å². The Morgan fingerprint density at radius 3 is 1.70 bits per heavy atom. The van der Waals surface area contributed by atoms with E-state index in [-0.39, 0.29) is 11.0 Å². The van der Waals surface area contributed by atoms with Crippen molar-refractivity contribution in [2.45, 2.75) is 0 Å². The van der Waals surface area contributed by atoms with Crippen LogP contribution in [0.3, 0.4) is 0 Å². The van der Waals surface area contributed by atoms with E-state index in [4.69, 9.17) is 23.2 Å². The minimum Gasteiger partial charge on any atom is -0.316 e. The summed E-state index contributed by atoms with van der Waals surface area (Å²) in [7, 11) is 0. The SMILES string of the molecule is O=c1[nH]c2c(F)c(Cl)c(F)c([N+](=O)[O-])c2[nH]c1=O.O=c1[nH]c2cc(F)c(Cl)c(F)c2[nH]c1=O. The van der Waals surface area contributed by atoms with E-state index >= 15 is 0 Å². The lowest BCUT2D eigenvalue weighted by Crippen LogP contribution is -2.29. The van der Waals surface area contributed by atoms with Gasteiger partial charge in [-0.05, 0) is 0 Å². The molecular formula is C16H5Cl2F4N5O6. The standard InChI is InChI=1S/C8H2ClF2N3O4.C8H3ClF2N2O2/c9-1-2(10)4-5(6(3(1)11)14(17)18)13-8(16)7(15)12-4;9-4-2(10)1-3-6(5(4)11)13-8(15)7(14)12-3/h(H,12,15)(H,13,16);1H,(H,12,14)(H,13,15). The van der Waals surface area contributed by atoms with Crippen molar-refractivity contribution in [2.24, 2.45) is 0 Å². The lowest BCUT2D eigenvalue weighted by atomic mass is 10.2. The van der Waals surface area contributed by atoms with Gasteiger partial charge in [0.15, 0.2) is 17.2 Å². The first kappa shape index (κ1) is 23.7. The van der Waals surface area contributed by atoms with Gasteiger partial charge in [0.05, 0.1) is 10.4 Å². The third kappa shape index (κ3) is 4.10. The minimum atomic E-state index is -1.63. The number of aromatic nitrogens is 4. The second-order valence-electron chi connectivity index (χ2n) is 6.02. The monoisotopic (exact) mass is 509 g/mol. The summed E-state index contributed by atoms with van der Waals surface area (Å²) < 4.78 is 53.2. The van der Waals surface area contributed by atoms with Crippen molar-refractivity contribution in [3.8, 4) is 0 Å². The van der Waals surface area contributed by atoms with Crippen LogP contribution in [-0.2, 0) is 0 Å². The van der Waals surface area contributed by atoms with E-state index in [9.17, 15) is 46.9 Å². The van der Waals surface area contributed by atoms with Crippen molar-refractivity contribution >= 4 is 51.0 Å². The molecule has 4 rings (SSSR count). The lowest BCUT2D eigenvalue weighted by Gasteiger charge is -2.03. The second-order valence-corrected chi connectivity index (χ2v) is 6.78. The number of H-pyrrole nitrogens is 4. The van der Waals surface area contributed by atoms with Crippen LogP contribution in [0.25, 0.3) is 22.1 Å². The fraction of sp³-hybridized carbons (Fsp3) is 0. The van der Waals surface area contributed by atoms with Crippen molar-refractivity contribution in [2.75, 3.05) is 0 Å². The number of nitrogens with zero attached hydrogens (tertiary/aromatic N) is 1. The van der Waals surface area contributed by atoms with Gasteiger partial charge in [0.25, 0.3) is 0 Å². The first-order valence-corrected chi connectivity index (χ1v) is 8.87. The molecule has 0 bridgehead atoms. The summed E-state index contributed by atoms with van der Waals surface area (Å²) in [5.74, 6) is -5.15. The predicted octanol–water partition coefficient (Wildman–Crippen LogP) is 2.20. The molecule has 4 aromatic rings. The van der Waals surface area contributed by atoms with Gasteiger partial charge in [0, 0.05) is 6.07 Å². The van der Waals surface area contributed by atoms with Crippen LogP contribution in [-0.4, -0.2) is 24.9 Å². The van der Waals surface area contributed by atoms with Gasteiger partial charge in [-0.15, -0.1) is 0 Å². The van der Waals surface area contributed by atoms with E-state index in [1.165, 1.54) is 0 Å². The molecule has 11 nitrogen and oxygen atoms in total. The topological polar surface area (TPSA) is 175 Å². The highest BCUT2D eigenvalue weighted by Crippen LogP contribution is 2.33. The molecule has 0 aliphatic heterocycles. The second kappa shape index (κ2) is 8.51. The van der Waals surface area contributed by atoms with Crippen LogP contribution in [0.1, 0.15) is 0 Å². The smallest absolute Gasteiger partial charge is 0.316 e. The zero-order chi connectivity index (χ0) is 24.8. The summed E-state index contributed by atoms with van der Waals surface area (Å²) in [5.41, 5.74) is -7.73. The Morgan fingerprint density at radius 1 is 0.697 bits per heavy atom. The van der Waals surface area contributed by atoms with Gasteiger partial charge < -0.3 is 19.9 Å². The largest absolute Gasteiger partial charge is 0.332 e. The highest BCUT2D eigenvalue weighted by atomic mass is 35.5. The van der Waals surface area contributed by atoms with Crippen LogP contribution in [0.15, 0.2) is 25.2 Å². The molecule has 2 heterocycles. The fourth-order valence-electron chi connectivity index (χ4n) is 2.56. The Labute approximate surface area is 184 Å². The average Bonchev–Trinajstić information content (AvgIpc) is 2.74. The minimum absolute atomic E-state index is 0.154. The van der Waals surface area contributed by atoms with Gasteiger partial charge in [-0.25, -0.2) is 13.2 Å². The maximum atomic E-state index is 13.5. The van der Waals surface area contributed by atoms with Crippen molar-refractivity contribution < 1.29 is 22.5 Å². The van der Waals surface area contributed by atoms with Crippen molar-refractivity contribution in [3.05, 3.63) is 90.9 Å². The van der Waals surface area contributed by atoms with Gasteiger partial charge in [-0.3, -0.25) is 29.3 Å². The molecule has 0 saturated heterocycles. The van der Waals surface area contributed by atoms with E-state index in [0.717, 1.165) is 6.07 Å². The van der Waals surface area contributed by atoms with Gasteiger partial charge >= 0.3 is 27.9 Å². The Balaban J connectivity index is 0.000000189. The number of nitrogens with one attached hydrogen (secondary N) is 4. The molecule has 4 N–H and O–H groups in total. The highest BCUT2D eigenvalue weighted by Gasteiger charge is 2.28. The molecular weight excluding hydrogens is 505 g/mol. The van der Waals surface area contributed by atoms with Gasteiger partial charge in [0.1, 0.15) is 26.9 Å². The lowest BCUT2D eigenvalue weighted by molar-refractivity contribution is -0.385. The molecule has 0 aliphatic rings. The maximum absolute atomic E-state index is 13.5. The molecule has 2 aromatic heterocycles. The summed E-state index contributed by atoms with van der Waals surface area (Å²) in [6.45, 7) is 0. The average molecular weight is 510 g/mol. The number of nitro benzene ring substituents is 1. The van der Waals surface area contributed by atoms with Gasteiger partial charge in [0.2, 0.25) is 5.82 Å². The van der Waals surface area contributed by atoms with E-state index in [0.29, 0.717) is 0 Å². The zero-order valence-corrected chi connectivity index (χ0v) is 16.8. The number of benzene rings is 2. The quantitative estimate of drug-likeness (QED) is 0.100. The number of hydrogen-bond donors (Lipinski definition) is 4. The Bertz CT molecular complexity index is 1710. The molecule has 0 amide bonds. The summed E-state index contributed by atoms with van der Waals surface area (Å²) in [6.07, 6.45) is 0. The normalized spacial score (nSPS) is 10.8. The number of rotatable bonds is 1. The van der Waals surface area contributed by atoms with Crippen LogP contribution in [0.5, 0.6) is 0 Å². The van der Waals surface area contributed by atoms with Crippen LogP contribution in [0.2, 0.25) is 10.0 Å². The van der Waals surface area contributed by atoms with Crippen molar-refractivity contribution in [1.29, 1.82) is 0 Å². The molecule has 0 unspecified atom stereocenters. The maximum Gasteiger partial charge on any atom is 0.332 e. The molecule has 33 heavy (non-hydrogen) atoms. The Hall–Kier alpha value is -3.98. The molecule has 17 heteroatoms. The van der Waals surface area contributed by atoms with Crippen molar-refractivity contribution in [3.63, 3.8) is 0 Å². The summed E-state index contributed by atoms with van der Waals surface area (Å²) in [5, 5.41) is 8.79. The summed E-state index contributed by atoms with van der Waals surface area (Å²) in [6, 6.07) is 0.831. The molecule has 0 atom stereocenters. The molecule has 172 valence electrons. The number of aromatic amines is 4. The van der Waals surface area contributed by atoms with Crippen LogP contribution < -0.4 is 22.2 Å². The number of nitro groups is 1. The first-order chi connectivity index (χ1) is 15.3. The molecule has 2 aromatic carbocycles. The number of fused-ring (bicyclic) bond motifs is 2. The molecule has 0 aliphatic carbocycles. The first-order valence-electron chi connectivity index (χ1n) is 8.12. The van der Waals surface area contributed by atoms with Crippen LogP contribution in [0, 0.1) is 33.4 Å². The van der Waals surface area contributed by atoms with E-state index in [1.54, 1.807) is 9.97 Å². The van der Waals surface area contributed by atoms with E-state index in [1.807, 2.05) is 9.97 Å². The van der Waals surface area contributed by atoms with Crippen LogP contribution in [0.4, 0.5) is 23.2 Å². The Morgan fingerprint density at radius 2 is 1.15 bits per heavy atom. The fourth-order valence-corrected chi connectivity index (χ4v) is 2.90. The van der Waals surface area contributed by atoms with Gasteiger partial charge in [-0.1, -0.05) is 23.2 Å². The third-order valence-electron chi connectivity index (χ3n) is 4.02. The van der Waals surface area contributed by atoms with E-state index in [2.05, 4.69) is 0 Å². The predicted molar refractivity (Wildman–Crippen MR) is 107 cm³/mol. The van der Waals surface area contributed by atoms with Gasteiger partial charge in [-0.2, -0.15) is 4.39 Å². The molecule has 0 fully saturated rings. The summed E-state index contributed by atoms with van der Waals surface area (Å²) in [4.78, 5) is 60.7. The molecule has 0 saturated carbocycles. The molecule has 0 spiro atoms. The van der Waals surface area contributed by atoms with Crippen LogP contribution >= 0.6 is 23.2 Å². The third-order valence-corrected chi connectivity index (χ3v) is 4.70. The highest BCUT2D eigenvalue weighted by molar-refractivity contribution is 6.32. The Kier molecular flexibility index (Phi) is 6.11. The summed E-state index contributed by atoms with van der Waals surface area (Å²) >= 11 is 10.5. The van der Waals surface area contributed by atoms with Crippen molar-refractivity contribution in [1.82, 2.24) is 19.9 Å².